The Morgan fingerprint density at radius 3 is 2.39 bits per heavy atom. The minimum absolute atomic E-state index is 0.0924. The van der Waals surface area contributed by atoms with Crippen LogP contribution in [0.4, 0.5) is 0 Å². The predicted molar refractivity (Wildman–Crippen MR) is 90.7 cm³/mol. The van der Waals surface area contributed by atoms with Crippen molar-refractivity contribution in [1.29, 1.82) is 0 Å². The lowest BCUT2D eigenvalue weighted by Crippen LogP contribution is -2.43. The number of halogens is 1. The van der Waals surface area contributed by atoms with Gasteiger partial charge < -0.3 is 15.4 Å². The quantitative estimate of drug-likeness (QED) is 0.664. The van der Waals surface area contributed by atoms with Crippen LogP contribution < -0.4 is 15.4 Å². The number of rotatable bonds is 9. The van der Waals surface area contributed by atoms with E-state index in [9.17, 15) is 9.59 Å². The van der Waals surface area contributed by atoms with E-state index >= 15 is 0 Å². The van der Waals surface area contributed by atoms with Gasteiger partial charge in [0.1, 0.15) is 12.4 Å². The number of nitrogens with zero attached hydrogens (tertiary/aromatic N) is 1. The van der Waals surface area contributed by atoms with Gasteiger partial charge in [0, 0.05) is 11.1 Å². The molecule has 0 unspecified atom stereocenters. The summed E-state index contributed by atoms with van der Waals surface area (Å²) in [7, 11) is 1.73. The van der Waals surface area contributed by atoms with Gasteiger partial charge in [0.15, 0.2) is 0 Å². The van der Waals surface area contributed by atoms with Crippen molar-refractivity contribution in [3.05, 3.63) is 29.3 Å². The Balaban J connectivity index is 2.16. The first-order valence-electron chi connectivity index (χ1n) is 7.50. The first kappa shape index (κ1) is 19.3. The van der Waals surface area contributed by atoms with Gasteiger partial charge in [-0.05, 0) is 45.2 Å². The third-order valence-electron chi connectivity index (χ3n) is 2.78. The minimum Gasteiger partial charge on any atom is -0.492 e. The van der Waals surface area contributed by atoms with Crippen molar-refractivity contribution in [2.45, 2.75) is 19.9 Å². The monoisotopic (exact) mass is 341 g/mol. The summed E-state index contributed by atoms with van der Waals surface area (Å²) in [5.41, 5.74) is 0. The first-order valence-corrected chi connectivity index (χ1v) is 7.87. The molecule has 0 aliphatic carbocycles. The summed E-state index contributed by atoms with van der Waals surface area (Å²) in [5, 5.41) is 6.17. The molecule has 0 spiro atoms. The summed E-state index contributed by atoms with van der Waals surface area (Å²) >= 11 is 5.78. The SMILES string of the molecule is CC(C)NC(=O)CN(C)CC(=O)NCCOc1ccc(Cl)cc1. The van der Waals surface area contributed by atoms with Gasteiger partial charge in [-0.15, -0.1) is 0 Å². The molecular weight excluding hydrogens is 318 g/mol. The molecule has 1 aromatic rings. The van der Waals surface area contributed by atoms with Crippen molar-refractivity contribution in [3.63, 3.8) is 0 Å². The standard InChI is InChI=1S/C16H24ClN3O3/c1-12(2)19-16(22)11-20(3)10-15(21)18-8-9-23-14-6-4-13(17)5-7-14/h4-7,12H,8-11H2,1-3H3,(H,18,21)(H,19,22). The van der Waals surface area contributed by atoms with E-state index in [-0.39, 0.29) is 30.9 Å². The average Bonchev–Trinajstić information content (AvgIpc) is 2.44. The highest BCUT2D eigenvalue weighted by Gasteiger charge is 2.10. The van der Waals surface area contributed by atoms with E-state index < -0.39 is 0 Å². The maximum Gasteiger partial charge on any atom is 0.234 e. The second-order valence-electron chi connectivity index (χ2n) is 5.55. The second-order valence-corrected chi connectivity index (χ2v) is 5.98. The molecule has 23 heavy (non-hydrogen) atoms. The Hall–Kier alpha value is -1.79. The largest absolute Gasteiger partial charge is 0.492 e. The molecule has 0 radical (unpaired) electrons. The molecule has 6 nitrogen and oxygen atoms in total. The van der Waals surface area contributed by atoms with Crippen LogP contribution in [0.2, 0.25) is 5.02 Å². The topological polar surface area (TPSA) is 70.7 Å². The molecule has 0 heterocycles. The number of hydrogen-bond acceptors (Lipinski definition) is 4. The fourth-order valence-corrected chi connectivity index (χ4v) is 1.99. The summed E-state index contributed by atoms with van der Waals surface area (Å²) in [4.78, 5) is 25.0. The van der Waals surface area contributed by atoms with Crippen molar-refractivity contribution in [3.8, 4) is 5.75 Å². The van der Waals surface area contributed by atoms with Crippen LogP contribution >= 0.6 is 11.6 Å². The number of ether oxygens (including phenoxy) is 1. The molecule has 0 saturated carbocycles. The number of likely N-dealkylation sites (N-methyl/N-ethyl adjacent to an activating group) is 1. The van der Waals surface area contributed by atoms with Gasteiger partial charge >= 0.3 is 0 Å². The van der Waals surface area contributed by atoms with Gasteiger partial charge in [-0.25, -0.2) is 0 Å². The predicted octanol–water partition coefficient (Wildman–Crippen LogP) is 1.29. The third kappa shape index (κ3) is 9.05. The maximum atomic E-state index is 11.8. The molecule has 0 fully saturated rings. The van der Waals surface area contributed by atoms with Crippen molar-refractivity contribution >= 4 is 23.4 Å². The van der Waals surface area contributed by atoms with E-state index in [2.05, 4.69) is 10.6 Å². The molecule has 2 amide bonds. The zero-order valence-corrected chi connectivity index (χ0v) is 14.5. The summed E-state index contributed by atoms with van der Waals surface area (Å²) in [6.45, 7) is 4.90. The molecule has 1 aromatic carbocycles. The van der Waals surface area contributed by atoms with Crippen molar-refractivity contribution in [1.82, 2.24) is 15.5 Å². The third-order valence-corrected chi connectivity index (χ3v) is 3.04. The Labute approximate surface area is 142 Å². The van der Waals surface area contributed by atoms with Crippen molar-refractivity contribution in [2.24, 2.45) is 0 Å². The van der Waals surface area contributed by atoms with E-state index in [1.54, 1.807) is 36.2 Å². The Morgan fingerprint density at radius 2 is 1.78 bits per heavy atom. The van der Waals surface area contributed by atoms with Crippen molar-refractivity contribution < 1.29 is 14.3 Å². The summed E-state index contributed by atoms with van der Waals surface area (Å²) in [6, 6.07) is 7.12. The van der Waals surface area contributed by atoms with E-state index in [1.165, 1.54) is 0 Å². The molecule has 1 rings (SSSR count). The molecule has 128 valence electrons. The van der Waals surface area contributed by atoms with Crippen LogP contribution in [0, 0.1) is 0 Å². The van der Waals surface area contributed by atoms with Crippen LogP contribution in [0.1, 0.15) is 13.8 Å². The van der Waals surface area contributed by atoms with Crippen LogP contribution in [0.3, 0.4) is 0 Å². The van der Waals surface area contributed by atoms with Crippen molar-refractivity contribution in [2.75, 3.05) is 33.3 Å². The summed E-state index contributed by atoms with van der Waals surface area (Å²) in [5.74, 6) is 0.456. The molecule has 2 N–H and O–H groups in total. The number of carbonyl (C=O) groups excluding carboxylic acids is 2. The van der Waals surface area contributed by atoms with Gasteiger partial charge in [-0.3, -0.25) is 14.5 Å². The zero-order valence-electron chi connectivity index (χ0n) is 13.8. The molecule has 0 saturated heterocycles. The Morgan fingerprint density at radius 1 is 1.17 bits per heavy atom. The molecule has 7 heteroatoms. The summed E-state index contributed by atoms with van der Waals surface area (Å²) in [6.07, 6.45) is 0. The molecular formula is C16H24ClN3O3. The van der Waals surface area contributed by atoms with Crippen LogP contribution in [-0.4, -0.2) is 56.0 Å². The van der Waals surface area contributed by atoms with Gasteiger partial charge in [-0.2, -0.15) is 0 Å². The average molecular weight is 342 g/mol. The molecule has 0 bridgehead atoms. The van der Waals surface area contributed by atoms with Gasteiger partial charge in [0.05, 0.1) is 19.6 Å². The number of carbonyl (C=O) groups is 2. The number of nitrogens with one attached hydrogen (secondary N) is 2. The minimum atomic E-state index is -0.149. The summed E-state index contributed by atoms with van der Waals surface area (Å²) < 4.78 is 5.47. The fraction of sp³-hybridized carbons (Fsp3) is 0.500. The van der Waals surface area contributed by atoms with E-state index in [4.69, 9.17) is 16.3 Å². The normalized spacial score (nSPS) is 10.7. The fourth-order valence-electron chi connectivity index (χ4n) is 1.86. The molecule has 0 aliphatic rings. The second kappa shape index (κ2) is 10.1. The van der Waals surface area contributed by atoms with E-state index in [0.717, 1.165) is 0 Å². The highest BCUT2D eigenvalue weighted by Crippen LogP contribution is 2.14. The van der Waals surface area contributed by atoms with Gasteiger partial charge in [0.25, 0.3) is 0 Å². The first-order chi connectivity index (χ1) is 10.9. The molecule has 0 aromatic heterocycles. The molecule has 0 atom stereocenters. The highest BCUT2D eigenvalue weighted by molar-refractivity contribution is 6.30. The zero-order chi connectivity index (χ0) is 17.2. The Kier molecular flexibility index (Phi) is 8.43. The van der Waals surface area contributed by atoms with E-state index in [1.807, 2.05) is 13.8 Å². The smallest absolute Gasteiger partial charge is 0.234 e. The number of amides is 2. The van der Waals surface area contributed by atoms with Crippen LogP contribution in [0.15, 0.2) is 24.3 Å². The highest BCUT2D eigenvalue weighted by atomic mass is 35.5. The molecule has 0 aliphatic heterocycles. The van der Waals surface area contributed by atoms with E-state index in [0.29, 0.717) is 23.9 Å². The lowest BCUT2D eigenvalue weighted by atomic mass is 10.3. The lowest BCUT2D eigenvalue weighted by Gasteiger charge is -2.17. The number of benzene rings is 1. The number of hydrogen-bond donors (Lipinski definition) is 2. The maximum absolute atomic E-state index is 11.8. The van der Waals surface area contributed by atoms with Crippen LogP contribution in [-0.2, 0) is 9.59 Å². The van der Waals surface area contributed by atoms with Crippen LogP contribution in [0.5, 0.6) is 5.75 Å². The van der Waals surface area contributed by atoms with Gasteiger partial charge in [0.2, 0.25) is 11.8 Å². The van der Waals surface area contributed by atoms with Crippen LogP contribution in [0.25, 0.3) is 0 Å². The van der Waals surface area contributed by atoms with Gasteiger partial charge in [-0.1, -0.05) is 11.6 Å². The lowest BCUT2D eigenvalue weighted by molar-refractivity contribution is -0.124. The Bertz CT molecular complexity index is 506.